The van der Waals surface area contributed by atoms with E-state index in [4.69, 9.17) is 5.73 Å². The standard InChI is InChI=1S/C15H13BrFNO/c1-9-2-3-10(7-14(9)18)15(19)8-11-6-12(16)4-5-13(11)17/h2-7H,8,18H2,1H3. The summed E-state index contributed by atoms with van der Waals surface area (Å²) < 4.78 is 14.3. The van der Waals surface area contributed by atoms with Crippen LogP contribution < -0.4 is 5.73 Å². The highest BCUT2D eigenvalue weighted by molar-refractivity contribution is 9.10. The molecule has 19 heavy (non-hydrogen) atoms. The molecule has 0 unspecified atom stereocenters. The zero-order valence-electron chi connectivity index (χ0n) is 10.4. The Morgan fingerprint density at radius 2 is 2.00 bits per heavy atom. The lowest BCUT2D eigenvalue weighted by Gasteiger charge is -2.06. The van der Waals surface area contributed by atoms with Gasteiger partial charge in [0.05, 0.1) is 0 Å². The number of nitrogens with two attached hydrogens (primary N) is 1. The Hall–Kier alpha value is -1.68. The molecule has 0 saturated carbocycles. The maximum absolute atomic E-state index is 13.6. The number of aryl methyl sites for hydroxylation is 1. The summed E-state index contributed by atoms with van der Waals surface area (Å²) >= 11 is 3.27. The molecule has 0 bridgehead atoms. The van der Waals surface area contributed by atoms with Crippen molar-refractivity contribution in [2.24, 2.45) is 0 Å². The van der Waals surface area contributed by atoms with E-state index in [0.717, 1.165) is 10.0 Å². The van der Waals surface area contributed by atoms with E-state index in [2.05, 4.69) is 15.9 Å². The molecule has 0 atom stereocenters. The summed E-state index contributed by atoms with van der Waals surface area (Å²) in [5.41, 5.74) is 8.14. The summed E-state index contributed by atoms with van der Waals surface area (Å²) in [6, 6.07) is 9.70. The molecule has 4 heteroatoms. The minimum absolute atomic E-state index is 0.0216. The number of hydrogen-bond acceptors (Lipinski definition) is 2. The van der Waals surface area contributed by atoms with Crippen LogP contribution in [0, 0.1) is 12.7 Å². The van der Waals surface area contributed by atoms with Crippen molar-refractivity contribution in [1.29, 1.82) is 0 Å². The van der Waals surface area contributed by atoms with E-state index < -0.39 is 0 Å². The van der Waals surface area contributed by atoms with Crippen molar-refractivity contribution in [2.75, 3.05) is 5.73 Å². The topological polar surface area (TPSA) is 43.1 Å². The molecule has 0 heterocycles. The number of Topliss-reactive ketones (excluding diaryl/α,β-unsaturated/α-hetero) is 1. The Morgan fingerprint density at radius 3 is 2.68 bits per heavy atom. The van der Waals surface area contributed by atoms with Gasteiger partial charge in [0.1, 0.15) is 5.82 Å². The molecule has 2 aromatic carbocycles. The first kappa shape index (κ1) is 13.7. The Labute approximate surface area is 119 Å². The van der Waals surface area contributed by atoms with Gasteiger partial charge in [0.15, 0.2) is 5.78 Å². The van der Waals surface area contributed by atoms with E-state index in [0.29, 0.717) is 16.8 Å². The summed E-state index contributed by atoms with van der Waals surface area (Å²) in [5, 5.41) is 0. The summed E-state index contributed by atoms with van der Waals surface area (Å²) in [4.78, 5) is 12.1. The zero-order chi connectivity index (χ0) is 14.0. The molecule has 0 radical (unpaired) electrons. The number of hydrogen-bond donors (Lipinski definition) is 1. The van der Waals surface area contributed by atoms with Crippen LogP contribution in [0.25, 0.3) is 0 Å². The molecule has 0 amide bonds. The monoisotopic (exact) mass is 321 g/mol. The first-order valence-electron chi connectivity index (χ1n) is 5.80. The van der Waals surface area contributed by atoms with Gasteiger partial charge in [0.2, 0.25) is 0 Å². The predicted molar refractivity (Wildman–Crippen MR) is 77.7 cm³/mol. The normalized spacial score (nSPS) is 10.5. The molecule has 0 spiro atoms. The molecule has 0 aromatic heterocycles. The van der Waals surface area contributed by atoms with Gasteiger partial charge in [-0.05, 0) is 42.3 Å². The Balaban J connectivity index is 2.25. The number of benzene rings is 2. The lowest BCUT2D eigenvalue weighted by Crippen LogP contribution is -2.06. The van der Waals surface area contributed by atoms with Crippen molar-refractivity contribution in [2.45, 2.75) is 13.3 Å². The number of halogens is 2. The fourth-order valence-electron chi connectivity index (χ4n) is 1.77. The van der Waals surface area contributed by atoms with E-state index in [-0.39, 0.29) is 18.0 Å². The van der Waals surface area contributed by atoms with Crippen LogP contribution in [-0.2, 0) is 6.42 Å². The molecule has 2 aromatic rings. The SMILES string of the molecule is Cc1ccc(C(=O)Cc2cc(Br)ccc2F)cc1N. The third-order valence-corrected chi connectivity index (χ3v) is 3.45. The van der Waals surface area contributed by atoms with Gasteiger partial charge in [-0.1, -0.05) is 28.1 Å². The molecule has 2 N–H and O–H groups in total. The Kier molecular flexibility index (Phi) is 4.00. The largest absolute Gasteiger partial charge is 0.398 e. The van der Waals surface area contributed by atoms with E-state index in [1.165, 1.54) is 6.07 Å². The van der Waals surface area contributed by atoms with Gasteiger partial charge < -0.3 is 5.73 Å². The molecule has 2 rings (SSSR count). The second kappa shape index (κ2) is 5.53. The van der Waals surface area contributed by atoms with Gasteiger partial charge in [0.25, 0.3) is 0 Å². The highest BCUT2D eigenvalue weighted by Gasteiger charge is 2.11. The maximum Gasteiger partial charge on any atom is 0.167 e. The van der Waals surface area contributed by atoms with Crippen LogP contribution in [0.3, 0.4) is 0 Å². The number of nitrogen functional groups attached to an aromatic ring is 1. The molecule has 98 valence electrons. The fourth-order valence-corrected chi connectivity index (χ4v) is 2.18. The van der Waals surface area contributed by atoms with E-state index in [1.54, 1.807) is 30.3 Å². The first-order valence-corrected chi connectivity index (χ1v) is 6.60. The molecule has 2 nitrogen and oxygen atoms in total. The van der Waals surface area contributed by atoms with Gasteiger partial charge in [-0.3, -0.25) is 4.79 Å². The number of rotatable bonds is 3. The van der Waals surface area contributed by atoms with Gasteiger partial charge in [0, 0.05) is 22.1 Å². The molecule has 0 fully saturated rings. The third-order valence-electron chi connectivity index (χ3n) is 2.96. The first-order chi connectivity index (χ1) is 8.97. The maximum atomic E-state index is 13.6. The average Bonchev–Trinajstić information content (AvgIpc) is 2.37. The van der Waals surface area contributed by atoms with Gasteiger partial charge in [-0.2, -0.15) is 0 Å². The number of ketones is 1. The van der Waals surface area contributed by atoms with E-state index >= 15 is 0 Å². The second-order valence-electron chi connectivity index (χ2n) is 4.41. The molecule has 0 aliphatic heterocycles. The molecule has 0 aliphatic rings. The van der Waals surface area contributed by atoms with Crippen LogP contribution >= 0.6 is 15.9 Å². The lowest BCUT2D eigenvalue weighted by molar-refractivity contribution is 0.0992. The molecule has 0 aliphatic carbocycles. The average molecular weight is 322 g/mol. The van der Waals surface area contributed by atoms with Crippen molar-refractivity contribution < 1.29 is 9.18 Å². The summed E-state index contributed by atoms with van der Waals surface area (Å²) in [6.07, 6.45) is 0.0216. The molecular weight excluding hydrogens is 309 g/mol. The van der Waals surface area contributed by atoms with Crippen LogP contribution in [0.5, 0.6) is 0 Å². The Morgan fingerprint density at radius 1 is 1.26 bits per heavy atom. The summed E-state index contributed by atoms with van der Waals surface area (Å²) in [7, 11) is 0. The second-order valence-corrected chi connectivity index (χ2v) is 5.32. The van der Waals surface area contributed by atoms with Crippen LogP contribution in [0.2, 0.25) is 0 Å². The number of carbonyl (C=O) groups is 1. The van der Waals surface area contributed by atoms with Crippen molar-refractivity contribution in [1.82, 2.24) is 0 Å². The van der Waals surface area contributed by atoms with E-state index in [9.17, 15) is 9.18 Å². The van der Waals surface area contributed by atoms with Crippen molar-refractivity contribution in [3.05, 3.63) is 63.4 Å². The van der Waals surface area contributed by atoms with Crippen LogP contribution in [0.4, 0.5) is 10.1 Å². The highest BCUT2D eigenvalue weighted by Crippen LogP contribution is 2.19. The summed E-state index contributed by atoms with van der Waals surface area (Å²) in [5.74, 6) is -0.527. The molecular formula is C15H13BrFNO. The van der Waals surface area contributed by atoms with Crippen LogP contribution in [0.15, 0.2) is 40.9 Å². The van der Waals surface area contributed by atoms with Gasteiger partial charge in [-0.15, -0.1) is 0 Å². The Bertz CT molecular complexity index is 640. The summed E-state index contributed by atoms with van der Waals surface area (Å²) in [6.45, 7) is 1.87. The predicted octanol–water partition coefficient (Wildman–Crippen LogP) is 3.90. The smallest absolute Gasteiger partial charge is 0.167 e. The van der Waals surface area contributed by atoms with Gasteiger partial charge in [-0.25, -0.2) is 4.39 Å². The van der Waals surface area contributed by atoms with Crippen LogP contribution in [-0.4, -0.2) is 5.78 Å². The number of carbonyl (C=O) groups excluding carboxylic acids is 1. The minimum atomic E-state index is -0.378. The molecule has 0 saturated heterocycles. The highest BCUT2D eigenvalue weighted by atomic mass is 79.9. The quantitative estimate of drug-likeness (QED) is 0.688. The zero-order valence-corrected chi connectivity index (χ0v) is 12.0. The van der Waals surface area contributed by atoms with Crippen LogP contribution in [0.1, 0.15) is 21.5 Å². The van der Waals surface area contributed by atoms with Crippen molar-refractivity contribution in [3.63, 3.8) is 0 Å². The lowest BCUT2D eigenvalue weighted by atomic mass is 10.0. The van der Waals surface area contributed by atoms with Crippen molar-refractivity contribution >= 4 is 27.4 Å². The van der Waals surface area contributed by atoms with Crippen molar-refractivity contribution in [3.8, 4) is 0 Å². The van der Waals surface area contributed by atoms with Gasteiger partial charge >= 0.3 is 0 Å². The third kappa shape index (κ3) is 3.20. The number of anilines is 1. The van der Waals surface area contributed by atoms with E-state index in [1.807, 2.05) is 6.92 Å². The fraction of sp³-hybridized carbons (Fsp3) is 0.133. The minimum Gasteiger partial charge on any atom is -0.398 e.